The summed E-state index contributed by atoms with van der Waals surface area (Å²) in [5, 5.41) is 3.04. The summed E-state index contributed by atoms with van der Waals surface area (Å²) in [5.74, 6) is 1.43. The van der Waals surface area contributed by atoms with Crippen LogP contribution in [0.1, 0.15) is 36.3 Å². The molecule has 2 aromatic rings. The van der Waals surface area contributed by atoms with Gasteiger partial charge in [0.05, 0.1) is 0 Å². The van der Waals surface area contributed by atoms with E-state index in [4.69, 9.17) is 0 Å². The van der Waals surface area contributed by atoms with Gasteiger partial charge in [0.15, 0.2) is 0 Å². The van der Waals surface area contributed by atoms with Crippen molar-refractivity contribution in [3.05, 3.63) is 59.9 Å². The number of aromatic nitrogens is 1. The van der Waals surface area contributed by atoms with E-state index in [1.54, 1.807) is 18.0 Å². The maximum absolute atomic E-state index is 12.6. The predicted octanol–water partition coefficient (Wildman–Crippen LogP) is 4.48. The zero-order valence-electron chi connectivity index (χ0n) is 13.4. The quantitative estimate of drug-likeness (QED) is 0.904. The van der Waals surface area contributed by atoms with Gasteiger partial charge < -0.3 is 10.2 Å². The minimum absolute atomic E-state index is 0.0404. The lowest BCUT2D eigenvalue weighted by Gasteiger charge is -2.24. The number of hydrogen-bond donors (Lipinski definition) is 1. The van der Waals surface area contributed by atoms with Crippen molar-refractivity contribution in [1.82, 2.24) is 9.88 Å². The summed E-state index contributed by atoms with van der Waals surface area (Å²) in [5.41, 5.74) is 3.18. The second-order valence-corrected chi connectivity index (χ2v) is 7.10. The fraction of sp³-hybridized carbons (Fsp3) is 0.333. The highest BCUT2D eigenvalue weighted by molar-refractivity contribution is 7.99. The van der Waals surface area contributed by atoms with Crippen LogP contribution in [0.3, 0.4) is 0 Å². The van der Waals surface area contributed by atoms with Crippen LogP contribution in [0.2, 0.25) is 0 Å². The Labute approximate surface area is 141 Å². The number of nitrogens with one attached hydrogen (secondary N) is 1. The molecule has 4 nitrogen and oxygen atoms in total. The van der Waals surface area contributed by atoms with Gasteiger partial charge in [0.2, 0.25) is 0 Å². The maximum Gasteiger partial charge on any atom is 0.323 e. The normalized spacial score (nSPS) is 17.5. The first-order valence-corrected chi connectivity index (χ1v) is 8.89. The molecule has 0 saturated carbocycles. The molecule has 3 rings (SSSR count). The third-order valence-corrected chi connectivity index (χ3v) is 5.21. The Kier molecular flexibility index (Phi) is 4.86. The van der Waals surface area contributed by atoms with Crippen molar-refractivity contribution in [2.45, 2.75) is 25.1 Å². The van der Waals surface area contributed by atoms with Gasteiger partial charge in [0.1, 0.15) is 5.37 Å². The van der Waals surface area contributed by atoms with Gasteiger partial charge >= 0.3 is 6.03 Å². The van der Waals surface area contributed by atoms with Gasteiger partial charge in [-0.3, -0.25) is 4.98 Å². The zero-order chi connectivity index (χ0) is 16.2. The fourth-order valence-corrected chi connectivity index (χ4v) is 3.86. The van der Waals surface area contributed by atoms with E-state index >= 15 is 0 Å². The van der Waals surface area contributed by atoms with E-state index in [1.165, 1.54) is 5.56 Å². The van der Waals surface area contributed by atoms with Crippen LogP contribution >= 0.6 is 11.8 Å². The lowest BCUT2D eigenvalue weighted by Crippen LogP contribution is -2.34. The lowest BCUT2D eigenvalue weighted by molar-refractivity contribution is 0.214. The molecule has 1 aliphatic heterocycles. The van der Waals surface area contributed by atoms with Crippen LogP contribution < -0.4 is 5.32 Å². The SMILES string of the molecule is CC(C)c1ccc(NC(=O)N2CCSC2c2cccnc2)cc1. The van der Waals surface area contributed by atoms with Crippen LogP contribution in [-0.2, 0) is 0 Å². The summed E-state index contributed by atoms with van der Waals surface area (Å²) in [6.07, 6.45) is 3.59. The van der Waals surface area contributed by atoms with Crippen molar-refractivity contribution in [2.24, 2.45) is 0 Å². The highest BCUT2D eigenvalue weighted by Gasteiger charge is 2.30. The van der Waals surface area contributed by atoms with Crippen molar-refractivity contribution < 1.29 is 4.79 Å². The Bertz CT molecular complexity index is 658. The van der Waals surface area contributed by atoms with Gasteiger partial charge in [-0.25, -0.2) is 4.79 Å². The van der Waals surface area contributed by atoms with Gasteiger partial charge in [0.25, 0.3) is 0 Å². The van der Waals surface area contributed by atoms with E-state index < -0.39 is 0 Å². The number of nitrogens with zero attached hydrogens (tertiary/aromatic N) is 2. The molecule has 0 aliphatic carbocycles. The zero-order valence-corrected chi connectivity index (χ0v) is 14.2. The molecule has 1 saturated heterocycles. The Balaban J connectivity index is 1.70. The number of carbonyl (C=O) groups excluding carboxylic acids is 1. The number of anilines is 1. The molecule has 1 aromatic heterocycles. The second-order valence-electron chi connectivity index (χ2n) is 5.91. The van der Waals surface area contributed by atoms with Gasteiger partial charge in [-0.05, 0) is 29.7 Å². The summed E-state index contributed by atoms with van der Waals surface area (Å²) in [6, 6.07) is 11.9. The number of thioether (sulfide) groups is 1. The van der Waals surface area contributed by atoms with E-state index in [0.717, 1.165) is 23.5 Å². The van der Waals surface area contributed by atoms with E-state index in [-0.39, 0.29) is 11.4 Å². The minimum atomic E-state index is -0.0545. The minimum Gasteiger partial charge on any atom is -0.308 e. The summed E-state index contributed by atoms with van der Waals surface area (Å²) >= 11 is 1.77. The molecule has 1 atom stereocenters. The molecule has 1 fully saturated rings. The van der Waals surface area contributed by atoms with Crippen LogP contribution in [0.5, 0.6) is 0 Å². The molecule has 0 radical (unpaired) electrons. The molecule has 1 aliphatic rings. The molecule has 5 heteroatoms. The monoisotopic (exact) mass is 327 g/mol. The summed E-state index contributed by atoms with van der Waals surface area (Å²) < 4.78 is 0. The van der Waals surface area contributed by atoms with Crippen molar-refractivity contribution in [3.63, 3.8) is 0 Å². The second kappa shape index (κ2) is 7.04. The topological polar surface area (TPSA) is 45.2 Å². The predicted molar refractivity (Wildman–Crippen MR) is 95.7 cm³/mol. The number of hydrogen-bond acceptors (Lipinski definition) is 3. The van der Waals surface area contributed by atoms with Crippen molar-refractivity contribution in [3.8, 4) is 0 Å². The van der Waals surface area contributed by atoms with E-state index in [1.807, 2.05) is 35.4 Å². The van der Waals surface area contributed by atoms with Crippen LogP contribution in [0.25, 0.3) is 0 Å². The number of carbonyl (C=O) groups is 1. The number of urea groups is 1. The highest BCUT2D eigenvalue weighted by Crippen LogP contribution is 2.37. The van der Waals surface area contributed by atoms with Gasteiger partial charge in [-0.1, -0.05) is 32.0 Å². The highest BCUT2D eigenvalue weighted by atomic mass is 32.2. The third-order valence-electron chi connectivity index (χ3n) is 3.95. The maximum atomic E-state index is 12.6. The molecular formula is C18H21N3OS. The summed E-state index contributed by atoms with van der Waals surface area (Å²) in [7, 11) is 0. The molecule has 1 aromatic carbocycles. The molecule has 120 valence electrons. The van der Waals surface area contributed by atoms with E-state index in [0.29, 0.717) is 5.92 Å². The van der Waals surface area contributed by atoms with Crippen LogP contribution in [-0.4, -0.2) is 28.2 Å². The van der Waals surface area contributed by atoms with Crippen LogP contribution in [0.4, 0.5) is 10.5 Å². The molecular weight excluding hydrogens is 306 g/mol. The number of rotatable bonds is 3. The van der Waals surface area contributed by atoms with E-state index in [2.05, 4.69) is 36.3 Å². The molecule has 2 heterocycles. The fourth-order valence-electron chi connectivity index (χ4n) is 2.62. The Morgan fingerprint density at radius 2 is 2.09 bits per heavy atom. The average molecular weight is 327 g/mol. The average Bonchev–Trinajstić information content (AvgIpc) is 3.06. The lowest BCUT2D eigenvalue weighted by atomic mass is 10.0. The first kappa shape index (κ1) is 15.9. The van der Waals surface area contributed by atoms with Gasteiger partial charge in [-0.15, -0.1) is 11.8 Å². The van der Waals surface area contributed by atoms with E-state index in [9.17, 15) is 4.79 Å². The summed E-state index contributed by atoms with van der Waals surface area (Å²) in [4.78, 5) is 18.6. The molecule has 2 amide bonds. The summed E-state index contributed by atoms with van der Waals surface area (Å²) in [6.45, 7) is 5.07. The van der Waals surface area contributed by atoms with Crippen LogP contribution in [0.15, 0.2) is 48.8 Å². The smallest absolute Gasteiger partial charge is 0.308 e. The molecule has 1 unspecified atom stereocenters. The third kappa shape index (κ3) is 3.67. The molecule has 1 N–H and O–H groups in total. The molecule has 0 bridgehead atoms. The largest absolute Gasteiger partial charge is 0.323 e. The number of pyridine rings is 1. The number of benzene rings is 1. The Hall–Kier alpha value is -2.01. The van der Waals surface area contributed by atoms with Crippen LogP contribution in [0, 0.1) is 0 Å². The molecule has 0 spiro atoms. The van der Waals surface area contributed by atoms with Gasteiger partial charge in [0, 0.05) is 35.9 Å². The molecule has 23 heavy (non-hydrogen) atoms. The van der Waals surface area contributed by atoms with Gasteiger partial charge in [-0.2, -0.15) is 0 Å². The Morgan fingerprint density at radius 3 is 2.74 bits per heavy atom. The van der Waals surface area contributed by atoms with Crippen molar-refractivity contribution >= 4 is 23.5 Å². The van der Waals surface area contributed by atoms with Crippen molar-refractivity contribution in [1.29, 1.82) is 0 Å². The first-order valence-electron chi connectivity index (χ1n) is 7.84. The first-order chi connectivity index (χ1) is 11.1. The Morgan fingerprint density at radius 1 is 1.30 bits per heavy atom. The van der Waals surface area contributed by atoms with Crippen molar-refractivity contribution in [2.75, 3.05) is 17.6 Å². The number of amides is 2. The standard InChI is InChI=1S/C18H21N3OS/c1-13(2)14-5-7-16(8-6-14)20-18(22)21-10-11-23-17(21)15-4-3-9-19-12-15/h3-9,12-13,17H,10-11H2,1-2H3,(H,20,22).